The molecule has 6 nitrogen and oxygen atoms in total. The van der Waals surface area contributed by atoms with Crippen LogP contribution in [0.5, 0.6) is 11.5 Å². The van der Waals surface area contributed by atoms with E-state index >= 15 is 0 Å². The molecule has 0 radical (unpaired) electrons. The quantitative estimate of drug-likeness (QED) is 0.811. The SMILES string of the molecule is CCOc1ccc(OCCn2c(C(F)(F)F)ccc(C(N)=O)c2=O)cc1. The van der Waals surface area contributed by atoms with Crippen LogP contribution in [-0.2, 0) is 12.7 Å². The van der Waals surface area contributed by atoms with Gasteiger partial charge in [0.25, 0.3) is 11.5 Å². The van der Waals surface area contributed by atoms with Crippen molar-refractivity contribution in [2.45, 2.75) is 19.6 Å². The molecule has 0 fully saturated rings. The summed E-state index contributed by atoms with van der Waals surface area (Å²) in [4.78, 5) is 23.3. The normalized spacial score (nSPS) is 11.2. The molecule has 2 aromatic rings. The molecule has 2 rings (SSSR count). The second-order valence-corrected chi connectivity index (χ2v) is 5.20. The summed E-state index contributed by atoms with van der Waals surface area (Å²) < 4.78 is 50.4. The fraction of sp³-hybridized carbons (Fsp3) is 0.294. The third-order valence-corrected chi connectivity index (χ3v) is 3.45. The molecule has 0 saturated carbocycles. The first-order valence-electron chi connectivity index (χ1n) is 7.70. The number of pyridine rings is 1. The van der Waals surface area contributed by atoms with Crippen molar-refractivity contribution in [2.24, 2.45) is 5.73 Å². The van der Waals surface area contributed by atoms with Crippen molar-refractivity contribution in [1.82, 2.24) is 4.57 Å². The topological polar surface area (TPSA) is 83.5 Å². The Morgan fingerprint density at radius 1 is 1.08 bits per heavy atom. The lowest BCUT2D eigenvalue weighted by atomic mass is 10.2. The van der Waals surface area contributed by atoms with Crippen LogP contribution >= 0.6 is 0 Å². The van der Waals surface area contributed by atoms with Crippen molar-refractivity contribution in [3.05, 3.63) is 58.0 Å². The van der Waals surface area contributed by atoms with Gasteiger partial charge in [0.05, 0.1) is 13.2 Å². The zero-order valence-corrected chi connectivity index (χ0v) is 13.9. The maximum Gasteiger partial charge on any atom is 0.431 e. The minimum atomic E-state index is -4.76. The smallest absolute Gasteiger partial charge is 0.431 e. The van der Waals surface area contributed by atoms with Crippen molar-refractivity contribution in [3.63, 3.8) is 0 Å². The van der Waals surface area contributed by atoms with E-state index in [-0.39, 0.29) is 6.61 Å². The average Bonchev–Trinajstić information content (AvgIpc) is 2.56. The van der Waals surface area contributed by atoms with Crippen LogP contribution in [0, 0.1) is 0 Å². The maximum absolute atomic E-state index is 13.1. The summed E-state index contributed by atoms with van der Waals surface area (Å²) in [6, 6.07) is 7.92. The van der Waals surface area contributed by atoms with E-state index < -0.39 is 35.4 Å². The van der Waals surface area contributed by atoms with E-state index in [4.69, 9.17) is 15.2 Å². The van der Waals surface area contributed by atoms with E-state index in [1.54, 1.807) is 24.3 Å². The second kappa shape index (κ2) is 7.94. The third-order valence-electron chi connectivity index (χ3n) is 3.45. The molecule has 2 N–H and O–H groups in total. The Bertz CT molecular complexity index is 829. The lowest BCUT2D eigenvalue weighted by Crippen LogP contribution is -2.35. The largest absolute Gasteiger partial charge is 0.494 e. The van der Waals surface area contributed by atoms with Gasteiger partial charge in [0.1, 0.15) is 29.4 Å². The van der Waals surface area contributed by atoms with Crippen LogP contribution in [0.3, 0.4) is 0 Å². The molecule has 9 heteroatoms. The molecule has 0 aliphatic rings. The standard InChI is InChI=1S/C17H17F3N2O4/c1-2-25-11-3-5-12(6-4-11)26-10-9-22-14(17(18,19)20)8-7-13(15(21)23)16(22)24/h3-8H,2,9-10H2,1H3,(H2,21,23). The van der Waals surface area contributed by atoms with Gasteiger partial charge < -0.3 is 19.8 Å². The molecular weight excluding hydrogens is 353 g/mol. The Hall–Kier alpha value is -2.97. The van der Waals surface area contributed by atoms with Gasteiger partial charge in [-0.25, -0.2) is 0 Å². The van der Waals surface area contributed by atoms with Gasteiger partial charge in [-0.05, 0) is 43.3 Å². The predicted molar refractivity (Wildman–Crippen MR) is 87.3 cm³/mol. The van der Waals surface area contributed by atoms with Gasteiger partial charge >= 0.3 is 6.18 Å². The van der Waals surface area contributed by atoms with Gasteiger partial charge in [-0.15, -0.1) is 0 Å². The summed E-state index contributed by atoms with van der Waals surface area (Å²) in [7, 11) is 0. The molecule has 0 bridgehead atoms. The highest BCUT2D eigenvalue weighted by molar-refractivity contribution is 5.92. The number of nitrogens with two attached hydrogens (primary N) is 1. The van der Waals surface area contributed by atoms with E-state index in [9.17, 15) is 22.8 Å². The van der Waals surface area contributed by atoms with Gasteiger partial charge in [-0.1, -0.05) is 0 Å². The molecule has 0 aliphatic heterocycles. The van der Waals surface area contributed by atoms with Crippen LogP contribution in [0.25, 0.3) is 0 Å². The molecule has 0 atom stereocenters. The summed E-state index contributed by atoms with van der Waals surface area (Å²) >= 11 is 0. The molecule has 0 unspecified atom stereocenters. The number of aromatic nitrogens is 1. The molecular formula is C17H17F3N2O4. The summed E-state index contributed by atoms with van der Waals surface area (Å²) in [6.45, 7) is 1.72. The number of nitrogens with zero attached hydrogens (tertiary/aromatic N) is 1. The minimum absolute atomic E-state index is 0.209. The van der Waals surface area contributed by atoms with Crippen LogP contribution in [-0.4, -0.2) is 23.7 Å². The van der Waals surface area contributed by atoms with Crippen molar-refractivity contribution in [1.29, 1.82) is 0 Å². The number of carbonyl (C=O) groups is 1. The Kier molecular flexibility index (Phi) is 5.91. The number of benzene rings is 1. The fourth-order valence-electron chi connectivity index (χ4n) is 2.29. The number of ether oxygens (including phenoxy) is 2. The highest BCUT2D eigenvalue weighted by Gasteiger charge is 2.35. The number of alkyl halides is 3. The molecule has 0 aliphatic carbocycles. The van der Waals surface area contributed by atoms with Crippen molar-refractivity contribution >= 4 is 5.91 Å². The van der Waals surface area contributed by atoms with Gasteiger partial charge in [-0.3, -0.25) is 9.59 Å². The molecule has 1 amide bonds. The van der Waals surface area contributed by atoms with Gasteiger partial charge in [0.2, 0.25) is 0 Å². The first-order chi connectivity index (χ1) is 12.2. The van der Waals surface area contributed by atoms with E-state index in [1.165, 1.54) is 0 Å². The fourth-order valence-corrected chi connectivity index (χ4v) is 2.29. The Morgan fingerprint density at radius 3 is 2.15 bits per heavy atom. The van der Waals surface area contributed by atoms with E-state index in [0.717, 1.165) is 6.07 Å². The number of carbonyl (C=O) groups excluding carboxylic acids is 1. The first kappa shape index (κ1) is 19.4. The molecule has 1 aromatic heterocycles. The van der Waals surface area contributed by atoms with E-state index in [0.29, 0.717) is 28.7 Å². The Labute approximate surface area is 146 Å². The van der Waals surface area contributed by atoms with Gasteiger partial charge in [0, 0.05) is 0 Å². The first-order valence-corrected chi connectivity index (χ1v) is 7.70. The number of hydrogen-bond acceptors (Lipinski definition) is 4. The third kappa shape index (κ3) is 4.56. The summed E-state index contributed by atoms with van der Waals surface area (Å²) in [5, 5.41) is 0. The average molecular weight is 370 g/mol. The van der Waals surface area contributed by atoms with Crippen molar-refractivity contribution in [3.8, 4) is 11.5 Å². The number of amides is 1. The lowest BCUT2D eigenvalue weighted by Gasteiger charge is -2.16. The molecule has 1 aromatic carbocycles. The van der Waals surface area contributed by atoms with Crippen LogP contribution in [0.2, 0.25) is 0 Å². The van der Waals surface area contributed by atoms with E-state index in [2.05, 4.69) is 0 Å². The molecule has 140 valence electrons. The summed E-state index contributed by atoms with van der Waals surface area (Å²) in [5.41, 5.74) is 2.22. The minimum Gasteiger partial charge on any atom is -0.494 e. The molecule has 0 spiro atoms. The molecule has 0 saturated heterocycles. The number of hydrogen-bond donors (Lipinski definition) is 1. The lowest BCUT2D eigenvalue weighted by molar-refractivity contribution is -0.144. The molecule has 1 heterocycles. The Balaban J connectivity index is 2.18. The van der Waals surface area contributed by atoms with Crippen LogP contribution in [0.15, 0.2) is 41.2 Å². The highest BCUT2D eigenvalue weighted by atomic mass is 19.4. The highest BCUT2D eigenvalue weighted by Crippen LogP contribution is 2.28. The van der Waals surface area contributed by atoms with Crippen LogP contribution in [0.1, 0.15) is 23.0 Å². The Morgan fingerprint density at radius 2 is 1.65 bits per heavy atom. The van der Waals surface area contributed by atoms with Crippen LogP contribution in [0.4, 0.5) is 13.2 Å². The van der Waals surface area contributed by atoms with Crippen molar-refractivity contribution < 1.29 is 27.4 Å². The molecule has 26 heavy (non-hydrogen) atoms. The number of primary amides is 1. The summed E-state index contributed by atoms with van der Waals surface area (Å²) in [5.74, 6) is -0.0596. The maximum atomic E-state index is 13.1. The van der Waals surface area contributed by atoms with Crippen LogP contribution < -0.4 is 20.8 Å². The number of halogens is 3. The predicted octanol–water partition coefficient (Wildman–Crippen LogP) is 2.44. The van der Waals surface area contributed by atoms with E-state index in [1.807, 2.05) is 6.92 Å². The van der Waals surface area contributed by atoms with Gasteiger partial charge in [0.15, 0.2) is 0 Å². The number of rotatable bonds is 7. The second-order valence-electron chi connectivity index (χ2n) is 5.20. The monoisotopic (exact) mass is 370 g/mol. The zero-order chi connectivity index (χ0) is 19.3. The van der Waals surface area contributed by atoms with Crippen molar-refractivity contribution in [2.75, 3.05) is 13.2 Å². The zero-order valence-electron chi connectivity index (χ0n) is 13.9. The summed E-state index contributed by atoms with van der Waals surface area (Å²) in [6.07, 6.45) is -4.76. The van der Waals surface area contributed by atoms with Gasteiger partial charge in [-0.2, -0.15) is 13.2 Å².